The van der Waals surface area contributed by atoms with Crippen molar-refractivity contribution in [3.63, 3.8) is 0 Å². The molecule has 0 amide bonds. The van der Waals surface area contributed by atoms with Crippen LogP contribution in [0.5, 0.6) is 0 Å². The number of thiazole rings is 1. The van der Waals surface area contributed by atoms with Gasteiger partial charge in [0.15, 0.2) is 15.8 Å². The Morgan fingerprint density at radius 3 is 2.84 bits per heavy atom. The average Bonchev–Trinajstić information content (AvgIpc) is 3.18. The fourth-order valence-electron chi connectivity index (χ4n) is 2.73. The summed E-state index contributed by atoms with van der Waals surface area (Å²) in [5, 5.41) is 0.479. The van der Waals surface area contributed by atoms with Crippen molar-refractivity contribution in [3.8, 4) is 0 Å². The van der Waals surface area contributed by atoms with E-state index in [1.807, 2.05) is 6.07 Å². The van der Waals surface area contributed by atoms with Crippen molar-refractivity contribution < 1.29 is 8.42 Å². The highest BCUT2D eigenvalue weighted by molar-refractivity contribution is 7.90. The number of pyridine rings is 1. The number of nitrogens with zero attached hydrogens (tertiary/aromatic N) is 4. The van der Waals surface area contributed by atoms with Gasteiger partial charge in [-0.2, -0.15) is 8.42 Å². The quantitative estimate of drug-likeness (QED) is 0.552. The lowest BCUT2D eigenvalue weighted by Crippen LogP contribution is -2.15. The largest absolute Gasteiger partial charge is 0.330 e. The van der Waals surface area contributed by atoms with Crippen LogP contribution in [-0.4, -0.2) is 33.3 Å². The number of halogens is 2. The van der Waals surface area contributed by atoms with Crippen LogP contribution < -0.4 is 5.73 Å². The first kappa shape index (κ1) is 16.8. The van der Waals surface area contributed by atoms with E-state index in [0.29, 0.717) is 27.9 Å². The number of aromatic nitrogens is 4. The third-order valence-corrected chi connectivity index (χ3v) is 6.90. The van der Waals surface area contributed by atoms with Gasteiger partial charge in [0.25, 0.3) is 10.0 Å². The number of imidazole rings is 1. The Bertz CT molecular complexity index is 1210. The predicted molar refractivity (Wildman–Crippen MR) is 98.2 cm³/mol. The summed E-state index contributed by atoms with van der Waals surface area (Å²) in [5.41, 5.74) is 6.76. The maximum Gasteiger partial charge on any atom is 0.288 e. The van der Waals surface area contributed by atoms with Crippen LogP contribution >= 0.6 is 34.5 Å². The molecule has 0 atom stereocenters. The maximum atomic E-state index is 13.3. The van der Waals surface area contributed by atoms with Gasteiger partial charge in [0, 0.05) is 24.0 Å². The monoisotopic (exact) mass is 415 g/mol. The second kappa shape index (κ2) is 5.96. The molecule has 25 heavy (non-hydrogen) atoms. The second-order valence-corrected chi connectivity index (χ2v) is 8.99. The third kappa shape index (κ3) is 2.54. The van der Waals surface area contributed by atoms with Crippen molar-refractivity contribution in [1.29, 1.82) is 0 Å². The van der Waals surface area contributed by atoms with E-state index in [2.05, 4.69) is 9.97 Å². The molecule has 0 aliphatic rings. The third-order valence-electron chi connectivity index (χ3n) is 3.75. The molecule has 0 saturated carbocycles. The summed E-state index contributed by atoms with van der Waals surface area (Å²) < 4.78 is 29.5. The summed E-state index contributed by atoms with van der Waals surface area (Å²) in [6.07, 6.45) is 5.08. The molecule has 2 N–H and O–H groups in total. The van der Waals surface area contributed by atoms with Crippen LogP contribution in [0.25, 0.3) is 16.0 Å². The van der Waals surface area contributed by atoms with E-state index in [1.165, 1.54) is 23.0 Å². The first-order valence-corrected chi connectivity index (χ1v) is 10.2. The summed E-state index contributed by atoms with van der Waals surface area (Å²) in [4.78, 5) is 8.70. The van der Waals surface area contributed by atoms with Crippen LogP contribution in [0.1, 0.15) is 5.56 Å². The van der Waals surface area contributed by atoms with E-state index in [-0.39, 0.29) is 10.2 Å². The zero-order chi connectivity index (χ0) is 17.8. The van der Waals surface area contributed by atoms with Crippen LogP contribution in [0.2, 0.25) is 9.49 Å². The predicted octanol–water partition coefficient (Wildman–Crippen LogP) is 2.79. The highest BCUT2D eigenvalue weighted by Crippen LogP contribution is 2.33. The number of hydrogen-bond acceptors (Lipinski definition) is 6. The van der Waals surface area contributed by atoms with Gasteiger partial charge in [-0.15, -0.1) is 0 Å². The lowest BCUT2D eigenvalue weighted by molar-refractivity contribution is 0.584. The lowest BCUT2D eigenvalue weighted by Gasteiger charge is -2.06. The first-order valence-electron chi connectivity index (χ1n) is 7.17. The summed E-state index contributed by atoms with van der Waals surface area (Å²) >= 11 is 13.2. The van der Waals surface area contributed by atoms with E-state index in [9.17, 15) is 8.42 Å². The van der Waals surface area contributed by atoms with Crippen molar-refractivity contribution in [1.82, 2.24) is 18.3 Å². The summed E-state index contributed by atoms with van der Waals surface area (Å²) in [6, 6.07) is 3.57. The zero-order valence-electron chi connectivity index (χ0n) is 12.6. The molecule has 7 nitrogen and oxygen atoms in total. The summed E-state index contributed by atoms with van der Waals surface area (Å²) in [7, 11) is -4.03. The Morgan fingerprint density at radius 2 is 2.08 bits per heavy atom. The van der Waals surface area contributed by atoms with Gasteiger partial charge in [-0.05, 0) is 30.7 Å². The number of hydrogen-bond donors (Lipinski definition) is 1. The highest BCUT2D eigenvalue weighted by Gasteiger charge is 2.29. The van der Waals surface area contributed by atoms with Gasteiger partial charge in [-0.25, -0.2) is 13.9 Å². The smallest absolute Gasteiger partial charge is 0.288 e. The van der Waals surface area contributed by atoms with Crippen molar-refractivity contribution in [2.24, 2.45) is 5.73 Å². The second-order valence-electron chi connectivity index (χ2n) is 5.26. The molecule has 0 aliphatic heterocycles. The molecule has 4 heterocycles. The van der Waals surface area contributed by atoms with E-state index < -0.39 is 10.0 Å². The van der Waals surface area contributed by atoms with Gasteiger partial charge in [0.05, 0.1) is 0 Å². The zero-order valence-corrected chi connectivity index (χ0v) is 15.7. The molecule has 0 unspecified atom stereocenters. The number of rotatable bonds is 4. The molecule has 0 radical (unpaired) electrons. The Balaban J connectivity index is 2.02. The van der Waals surface area contributed by atoms with Crippen LogP contribution in [0.4, 0.5) is 0 Å². The standard InChI is InChI=1S/C14H11Cl2N5O2S2/c15-10-7-20-13(11(16)19-14(20)24-10)25(22,23)21-6-8(3-4-17)9-2-1-5-18-12(9)21/h1-2,5-7H,3-4,17H2. The minimum atomic E-state index is -4.03. The summed E-state index contributed by atoms with van der Waals surface area (Å²) in [6.45, 7) is 0.395. The fraction of sp³-hybridized carbons (Fsp3) is 0.143. The molecule has 0 aromatic carbocycles. The molecular formula is C14H11Cl2N5O2S2. The van der Waals surface area contributed by atoms with Crippen molar-refractivity contribution in [3.05, 3.63) is 45.8 Å². The molecule has 130 valence electrons. The molecule has 11 heteroatoms. The van der Waals surface area contributed by atoms with E-state index in [1.54, 1.807) is 6.07 Å². The molecule has 0 fully saturated rings. The van der Waals surface area contributed by atoms with Crippen molar-refractivity contribution >= 4 is 60.6 Å². The topological polar surface area (TPSA) is 95.3 Å². The minimum absolute atomic E-state index is 0.110. The van der Waals surface area contributed by atoms with E-state index in [4.69, 9.17) is 28.9 Å². The van der Waals surface area contributed by atoms with Gasteiger partial charge in [0.2, 0.25) is 5.03 Å². The highest BCUT2D eigenvalue weighted by atomic mass is 35.5. The molecule has 4 aromatic rings. The Labute approximate surface area is 156 Å². The molecular weight excluding hydrogens is 405 g/mol. The number of fused-ring (bicyclic) bond motifs is 2. The van der Waals surface area contributed by atoms with E-state index in [0.717, 1.165) is 26.3 Å². The molecule has 0 spiro atoms. The molecule has 4 aromatic heterocycles. The van der Waals surface area contributed by atoms with Gasteiger partial charge < -0.3 is 5.73 Å². The van der Waals surface area contributed by atoms with Crippen molar-refractivity contribution in [2.75, 3.05) is 6.54 Å². The molecule has 0 aliphatic carbocycles. The van der Waals surface area contributed by atoms with Crippen LogP contribution in [0.15, 0.2) is 35.7 Å². The van der Waals surface area contributed by atoms with Crippen molar-refractivity contribution in [2.45, 2.75) is 11.4 Å². The fourth-order valence-corrected chi connectivity index (χ4v) is 5.79. The lowest BCUT2D eigenvalue weighted by atomic mass is 10.2. The normalized spacial score (nSPS) is 12.4. The SMILES string of the molecule is NCCc1cn(S(=O)(=O)c2c(Cl)nc3sc(Cl)cn23)c2ncccc12. The van der Waals surface area contributed by atoms with Gasteiger partial charge in [-0.3, -0.25) is 4.40 Å². The maximum absolute atomic E-state index is 13.3. The molecule has 4 rings (SSSR count). The van der Waals surface area contributed by atoms with Crippen LogP contribution in [-0.2, 0) is 16.4 Å². The molecule has 0 saturated heterocycles. The van der Waals surface area contributed by atoms with Gasteiger partial charge in [0.1, 0.15) is 4.34 Å². The number of nitrogens with two attached hydrogens (primary N) is 1. The van der Waals surface area contributed by atoms with Crippen LogP contribution in [0, 0.1) is 0 Å². The Hall–Kier alpha value is -1.65. The van der Waals surface area contributed by atoms with Crippen LogP contribution in [0.3, 0.4) is 0 Å². The first-order chi connectivity index (χ1) is 11.9. The summed E-state index contributed by atoms with van der Waals surface area (Å²) in [5.74, 6) is 0. The minimum Gasteiger partial charge on any atom is -0.330 e. The average molecular weight is 416 g/mol. The van der Waals surface area contributed by atoms with Gasteiger partial charge >= 0.3 is 0 Å². The van der Waals surface area contributed by atoms with E-state index >= 15 is 0 Å². The Kier molecular flexibility index (Phi) is 4.00. The van der Waals surface area contributed by atoms with Gasteiger partial charge in [-0.1, -0.05) is 34.5 Å². The molecule has 0 bridgehead atoms. The Morgan fingerprint density at radius 1 is 1.28 bits per heavy atom.